The van der Waals surface area contributed by atoms with Gasteiger partial charge >= 0.3 is 22.5 Å². The van der Waals surface area contributed by atoms with Crippen LogP contribution in [0.4, 0.5) is 9.59 Å². The van der Waals surface area contributed by atoms with E-state index in [1.807, 2.05) is 30.3 Å². The highest BCUT2D eigenvalue weighted by atomic mass is 32.2. The van der Waals surface area contributed by atoms with Crippen molar-refractivity contribution in [2.45, 2.75) is 51.5 Å². The summed E-state index contributed by atoms with van der Waals surface area (Å²) in [6.07, 6.45) is -1.10. The molecule has 11 heteroatoms. The van der Waals surface area contributed by atoms with Crippen molar-refractivity contribution >= 4 is 22.5 Å². The zero-order valence-corrected chi connectivity index (χ0v) is 17.5. The lowest BCUT2D eigenvalue weighted by Crippen LogP contribution is -2.59. The highest BCUT2D eigenvalue weighted by Gasteiger charge is 2.34. The molecule has 1 aliphatic heterocycles. The number of carbonyl (C=O) groups excluding carboxylic acids is 2. The first-order valence-corrected chi connectivity index (χ1v) is 10.6. The lowest BCUT2D eigenvalue weighted by atomic mass is 10.1. The van der Waals surface area contributed by atoms with Crippen molar-refractivity contribution in [3.8, 4) is 0 Å². The molecule has 0 radical (unpaired) electrons. The summed E-state index contributed by atoms with van der Waals surface area (Å²) in [4.78, 5) is 23.8. The zero-order chi connectivity index (χ0) is 21.5. The standard InChI is InChI=1S/C18H27N3O7S/c1-18(2,3)28-16(22)19-10-9-14-15(12-27-29(24,25)21-14)20-17(23)26-11-13-7-5-4-6-8-13/h4-8,14-15,21H,9-12H2,1-3H3,(H,19,22)(H,20,23)/t14-,15+/m0/s1. The van der Waals surface area contributed by atoms with Crippen LogP contribution < -0.4 is 15.4 Å². The topological polar surface area (TPSA) is 132 Å². The summed E-state index contributed by atoms with van der Waals surface area (Å²) in [6.45, 7) is 5.18. The second-order valence-electron chi connectivity index (χ2n) is 7.49. The molecule has 0 aromatic heterocycles. The first-order valence-electron chi connectivity index (χ1n) is 9.15. The predicted octanol–water partition coefficient (Wildman–Crippen LogP) is 1.43. The molecule has 0 spiro atoms. The smallest absolute Gasteiger partial charge is 0.407 e. The molecule has 1 aliphatic rings. The molecule has 10 nitrogen and oxygen atoms in total. The van der Waals surface area contributed by atoms with E-state index in [0.717, 1.165) is 5.56 Å². The number of carbonyl (C=O) groups is 2. The van der Waals surface area contributed by atoms with Crippen LogP contribution in [0.2, 0.25) is 0 Å². The third-order valence-corrected chi connectivity index (χ3v) is 4.86. The average Bonchev–Trinajstić information content (AvgIpc) is 2.61. The van der Waals surface area contributed by atoms with Gasteiger partial charge < -0.3 is 20.1 Å². The normalized spacial score (nSPS) is 21.1. The molecule has 2 atom stereocenters. The summed E-state index contributed by atoms with van der Waals surface area (Å²) in [6, 6.07) is 7.79. The Morgan fingerprint density at radius 1 is 1.21 bits per heavy atom. The quantitative estimate of drug-likeness (QED) is 0.623. The monoisotopic (exact) mass is 429 g/mol. The van der Waals surface area contributed by atoms with E-state index in [4.69, 9.17) is 13.7 Å². The van der Waals surface area contributed by atoms with Gasteiger partial charge in [-0.1, -0.05) is 30.3 Å². The maximum absolute atomic E-state index is 12.1. The van der Waals surface area contributed by atoms with Gasteiger partial charge in [0, 0.05) is 12.6 Å². The summed E-state index contributed by atoms with van der Waals surface area (Å²) in [5.74, 6) is 0. The minimum atomic E-state index is -3.92. The molecule has 2 amide bonds. The fraction of sp³-hybridized carbons (Fsp3) is 0.556. The van der Waals surface area contributed by atoms with Gasteiger partial charge in [-0.2, -0.15) is 13.1 Å². The third kappa shape index (κ3) is 8.67. The molecule has 1 aromatic rings. The van der Waals surface area contributed by atoms with Gasteiger partial charge in [0.25, 0.3) is 0 Å². The average molecular weight is 429 g/mol. The van der Waals surface area contributed by atoms with Gasteiger partial charge in [0.05, 0.1) is 12.6 Å². The van der Waals surface area contributed by atoms with Gasteiger partial charge in [-0.25, -0.2) is 9.59 Å². The van der Waals surface area contributed by atoms with E-state index in [9.17, 15) is 18.0 Å². The van der Waals surface area contributed by atoms with E-state index in [0.29, 0.717) is 0 Å². The fourth-order valence-electron chi connectivity index (χ4n) is 2.54. The second kappa shape index (κ2) is 9.90. The van der Waals surface area contributed by atoms with Gasteiger partial charge in [-0.15, -0.1) is 0 Å². The van der Waals surface area contributed by atoms with Crippen LogP contribution in [-0.2, 0) is 30.6 Å². The maximum Gasteiger partial charge on any atom is 0.407 e. The largest absolute Gasteiger partial charge is 0.445 e. The van der Waals surface area contributed by atoms with Crippen LogP contribution >= 0.6 is 0 Å². The molecule has 0 saturated carbocycles. The van der Waals surface area contributed by atoms with Crippen LogP contribution in [0, 0.1) is 0 Å². The van der Waals surface area contributed by atoms with Crippen molar-refractivity contribution in [2.24, 2.45) is 0 Å². The Labute approximate surface area is 170 Å². The van der Waals surface area contributed by atoms with Crippen LogP contribution in [0.5, 0.6) is 0 Å². The molecule has 1 aromatic carbocycles. The van der Waals surface area contributed by atoms with E-state index < -0.39 is 40.2 Å². The number of hydrogen-bond donors (Lipinski definition) is 3. The van der Waals surface area contributed by atoms with E-state index in [2.05, 4.69) is 15.4 Å². The Bertz CT molecular complexity index is 793. The van der Waals surface area contributed by atoms with E-state index in [1.54, 1.807) is 20.8 Å². The molecule has 29 heavy (non-hydrogen) atoms. The zero-order valence-electron chi connectivity index (χ0n) is 16.6. The highest BCUT2D eigenvalue weighted by molar-refractivity contribution is 7.84. The predicted molar refractivity (Wildman–Crippen MR) is 104 cm³/mol. The number of amides is 2. The van der Waals surface area contributed by atoms with Gasteiger partial charge in [0.2, 0.25) is 0 Å². The number of rotatable bonds is 6. The molecule has 0 bridgehead atoms. The minimum Gasteiger partial charge on any atom is -0.445 e. The van der Waals surface area contributed by atoms with E-state index in [-0.39, 0.29) is 26.2 Å². The Hall–Kier alpha value is -2.37. The Kier molecular flexibility index (Phi) is 7.82. The fourth-order valence-corrected chi connectivity index (χ4v) is 3.59. The van der Waals surface area contributed by atoms with Crippen LogP contribution in [0.15, 0.2) is 30.3 Å². The Balaban J connectivity index is 1.85. The van der Waals surface area contributed by atoms with Gasteiger partial charge in [-0.05, 0) is 32.8 Å². The minimum absolute atomic E-state index is 0.0802. The lowest BCUT2D eigenvalue weighted by molar-refractivity contribution is 0.0524. The Morgan fingerprint density at radius 3 is 2.55 bits per heavy atom. The summed E-state index contributed by atoms with van der Waals surface area (Å²) in [7, 11) is -3.92. The van der Waals surface area contributed by atoms with Gasteiger partial charge in [-0.3, -0.25) is 4.18 Å². The molecular weight excluding hydrogens is 402 g/mol. The Morgan fingerprint density at radius 2 is 1.90 bits per heavy atom. The lowest BCUT2D eigenvalue weighted by Gasteiger charge is -2.32. The molecule has 0 aliphatic carbocycles. The molecular formula is C18H27N3O7S. The van der Waals surface area contributed by atoms with Crippen molar-refractivity contribution in [2.75, 3.05) is 13.2 Å². The summed E-state index contributed by atoms with van der Waals surface area (Å²) in [5, 5.41) is 5.15. The molecule has 3 N–H and O–H groups in total. The van der Waals surface area contributed by atoms with E-state index >= 15 is 0 Å². The summed E-state index contributed by atoms with van der Waals surface area (Å²) < 4.78 is 40.8. The second-order valence-corrected chi connectivity index (χ2v) is 8.87. The van der Waals surface area contributed by atoms with Crippen LogP contribution in [0.3, 0.4) is 0 Å². The highest BCUT2D eigenvalue weighted by Crippen LogP contribution is 2.12. The van der Waals surface area contributed by atoms with E-state index in [1.165, 1.54) is 0 Å². The SMILES string of the molecule is CC(C)(C)OC(=O)NCC[C@@H]1NS(=O)(=O)OC[C@H]1NC(=O)OCc1ccccc1. The maximum atomic E-state index is 12.1. The third-order valence-electron chi connectivity index (χ3n) is 3.82. The number of alkyl carbamates (subject to hydrolysis) is 2. The number of hydrogen-bond acceptors (Lipinski definition) is 7. The van der Waals surface area contributed by atoms with Gasteiger partial charge in [0.15, 0.2) is 0 Å². The van der Waals surface area contributed by atoms with Crippen molar-refractivity contribution in [3.63, 3.8) is 0 Å². The molecule has 2 rings (SSSR count). The summed E-state index contributed by atoms with van der Waals surface area (Å²) >= 11 is 0. The van der Waals surface area contributed by atoms with Crippen molar-refractivity contribution in [1.82, 2.24) is 15.4 Å². The number of nitrogens with one attached hydrogen (secondary N) is 3. The van der Waals surface area contributed by atoms with Crippen molar-refractivity contribution in [3.05, 3.63) is 35.9 Å². The molecule has 162 valence electrons. The molecule has 1 fully saturated rings. The molecule has 1 heterocycles. The van der Waals surface area contributed by atoms with Crippen molar-refractivity contribution < 1.29 is 31.7 Å². The first-order chi connectivity index (χ1) is 13.5. The number of ether oxygens (including phenoxy) is 2. The van der Waals surface area contributed by atoms with Crippen LogP contribution in [0.25, 0.3) is 0 Å². The summed E-state index contributed by atoms with van der Waals surface area (Å²) in [5.41, 5.74) is 0.179. The van der Waals surface area contributed by atoms with Crippen molar-refractivity contribution in [1.29, 1.82) is 0 Å². The first kappa shape index (κ1) is 22.9. The van der Waals surface area contributed by atoms with Crippen LogP contribution in [0.1, 0.15) is 32.8 Å². The van der Waals surface area contributed by atoms with Crippen LogP contribution in [-0.4, -0.2) is 51.4 Å². The molecule has 0 unspecified atom stereocenters. The van der Waals surface area contributed by atoms with Gasteiger partial charge in [0.1, 0.15) is 12.2 Å². The molecule has 1 saturated heterocycles. The number of benzene rings is 1.